The predicted octanol–water partition coefficient (Wildman–Crippen LogP) is 3.08. The molecule has 5 heteroatoms. The second-order valence-corrected chi connectivity index (χ2v) is 5.29. The Morgan fingerprint density at radius 2 is 2.28 bits per heavy atom. The fourth-order valence-electron chi connectivity index (χ4n) is 2.01. The molecule has 0 aliphatic carbocycles. The second-order valence-electron chi connectivity index (χ2n) is 4.16. The molecule has 0 unspecified atom stereocenters. The van der Waals surface area contributed by atoms with E-state index < -0.39 is 5.97 Å². The van der Waals surface area contributed by atoms with E-state index in [-0.39, 0.29) is 5.69 Å². The van der Waals surface area contributed by atoms with Crippen molar-refractivity contribution in [3.05, 3.63) is 35.5 Å². The number of nitrogens with zero attached hydrogens (tertiary/aromatic N) is 1. The van der Waals surface area contributed by atoms with Crippen molar-refractivity contribution in [1.29, 1.82) is 0 Å². The summed E-state index contributed by atoms with van der Waals surface area (Å²) in [5.74, 6) is 0.562. The monoisotopic (exact) mass is 261 g/mol. The van der Waals surface area contributed by atoms with E-state index in [1.165, 1.54) is 22.9 Å². The Bertz CT molecular complexity index is 606. The molecule has 1 aromatic carbocycles. The molecule has 2 aromatic rings. The maximum Gasteiger partial charge on any atom is 0.358 e. The Morgan fingerprint density at radius 1 is 1.39 bits per heavy atom. The summed E-state index contributed by atoms with van der Waals surface area (Å²) in [5, 5.41) is 12.3. The van der Waals surface area contributed by atoms with E-state index in [0.717, 1.165) is 17.7 Å². The molecule has 18 heavy (non-hydrogen) atoms. The van der Waals surface area contributed by atoms with Crippen LogP contribution in [-0.4, -0.2) is 22.0 Å². The summed E-state index contributed by atoms with van der Waals surface area (Å²) in [5.41, 5.74) is 2.17. The maximum atomic E-state index is 10.8. The summed E-state index contributed by atoms with van der Waals surface area (Å²) in [7, 11) is 0. The quantitative estimate of drug-likeness (QED) is 0.900. The van der Waals surface area contributed by atoms with Gasteiger partial charge in [0.05, 0.1) is 0 Å². The van der Waals surface area contributed by atoms with Crippen molar-refractivity contribution in [2.24, 2.45) is 0 Å². The highest BCUT2D eigenvalue weighted by atomic mass is 32.2. The summed E-state index contributed by atoms with van der Waals surface area (Å²) in [6.45, 7) is 0. The molecule has 0 saturated carbocycles. The van der Waals surface area contributed by atoms with E-state index in [2.05, 4.69) is 11.2 Å². The Kier molecular flexibility index (Phi) is 2.83. The largest absolute Gasteiger partial charge is 0.476 e. The van der Waals surface area contributed by atoms with Gasteiger partial charge in [-0.3, -0.25) is 0 Å². The number of aromatic carboxylic acids is 1. The summed E-state index contributed by atoms with van der Waals surface area (Å²) in [6.07, 6.45) is 2.32. The third-order valence-electron chi connectivity index (χ3n) is 2.93. The van der Waals surface area contributed by atoms with Gasteiger partial charge in [-0.1, -0.05) is 17.3 Å². The number of hydrogen-bond acceptors (Lipinski definition) is 4. The fourth-order valence-corrected chi connectivity index (χ4v) is 3.08. The standard InChI is InChI=1S/C13H11NO3S/c15-13(16)10-7-11(17-14-10)9-4-3-8-2-1-5-18-12(8)6-9/h3-4,6-7H,1-2,5H2,(H,15,16). The summed E-state index contributed by atoms with van der Waals surface area (Å²) >= 11 is 1.83. The van der Waals surface area contributed by atoms with Gasteiger partial charge in [0.1, 0.15) is 0 Å². The number of rotatable bonds is 2. The van der Waals surface area contributed by atoms with Gasteiger partial charge in [-0.15, -0.1) is 11.8 Å². The van der Waals surface area contributed by atoms with Crippen LogP contribution < -0.4 is 0 Å². The molecule has 92 valence electrons. The highest BCUT2D eigenvalue weighted by Crippen LogP contribution is 2.33. The minimum Gasteiger partial charge on any atom is -0.476 e. The molecule has 0 bridgehead atoms. The number of carboxylic acids is 1. The minimum absolute atomic E-state index is 0.0598. The lowest BCUT2D eigenvalue weighted by Crippen LogP contribution is -1.98. The molecule has 1 aliphatic heterocycles. The molecule has 2 heterocycles. The average Bonchev–Trinajstić information content (AvgIpc) is 2.88. The SMILES string of the molecule is O=C(O)c1cc(-c2ccc3c(c2)SCCC3)on1. The lowest BCUT2D eigenvalue weighted by atomic mass is 10.1. The van der Waals surface area contributed by atoms with Crippen molar-refractivity contribution in [2.75, 3.05) is 5.75 Å². The van der Waals surface area contributed by atoms with Crippen molar-refractivity contribution >= 4 is 17.7 Å². The van der Waals surface area contributed by atoms with Gasteiger partial charge >= 0.3 is 5.97 Å². The highest BCUT2D eigenvalue weighted by molar-refractivity contribution is 7.99. The summed E-state index contributed by atoms with van der Waals surface area (Å²) < 4.78 is 5.06. The number of fused-ring (bicyclic) bond motifs is 1. The van der Waals surface area contributed by atoms with Gasteiger partial charge < -0.3 is 9.63 Å². The van der Waals surface area contributed by atoms with E-state index in [4.69, 9.17) is 9.63 Å². The van der Waals surface area contributed by atoms with Crippen LogP contribution >= 0.6 is 11.8 Å². The van der Waals surface area contributed by atoms with Crippen molar-refractivity contribution in [3.8, 4) is 11.3 Å². The third-order valence-corrected chi connectivity index (χ3v) is 4.11. The molecule has 0 amide bonds. The van der Waals surface area contributed by atoms with Crippen molar-refractivity contribution in [3.63, 3.8) is 0 Å². The molecule has 0 fully saturated rings. The minimum atomic E-state index is -1.07. The third kappa shape index (κ3) is 2.01. The lowest BCUT2D eigenvalue weighted by molar-refractivity contribution is 0.0686. The van der Waals surface area contributed by atoms with Crippen LogP contribution in [-0.2, 0) is 6.42 Å². The van der Waals surface area contributed by atoms with Crippen LogP contribution in [0.3, 0.4) is 0 Å². The number of carboxylic acid groups (broad SMARTS) is 1. The molecule has 1 aromatic heterocycles. The van der Waals surface area contributed by atoms with Gasteiger partial charge in [0.15, 0.2) is 11.5 Å². The molecule has 3 rings (SSSR count). The Balaban J connectivity index is 1.98. The molecule has 1 N–H and O–H groups in total. The van der Waals surface area contributed by atoms with Crippen molar-refractivity contribution < 1.29 is 14.4 Å². The maximum absolute atomic E-state index is 10.8. The van der Waals surface area contributed by atoms with Gasteiger partial charge in [-0.05, 0) is 30.2 Å². The molecular formula is C13H11NO3S. The number of aromatic nitrogens is 1. The molecule has 0 spiro atoms. The molecule has 4 nitrogen and oxygen atoms in total. The molecule has 0 saturated heterocycles. The van der Waals surface area contributed by atoms with Crippen LogP contribution in [0.4, 0.5) is 0 Å². The first-order valence-electron chi connectivity index (χ1n) is 5.70. The second kappa shape index (κ2) is 4.49. The van der Waals surface area contributed by atoms with E-state index >= 15 is 0 Å². The predicted molar refractivity (Wildman–Crippen MR) is 67.9 cm³/mol. The van der Waals surface area contributed by atoms with Crippen LogP contribution in [0.2, 0.25) is 0 Å². The van der Waals surface area contributed by atoms with Crippen molar-refractivity contribution in [1.82, 2.24) is 5.16 Å². The Labute approximate surface area is 108 Å². The van der Waals surface area contributed by atoms with E-state index in [1.807, 2.05) is 23.9 Å². The van der Waals surface area contributed by atoms with Crippen LogP contribution in [0.5, 0.6) is 0 Å². The number of aryl methyl sites for hydroxylation is 1. The fraction of sp³-hybridized carbons (Fsp3) is 0.231. The zero-order valence-corrected chi connectivity index (χ0v) is 10.4. The highest BCUT2D eigenvalue weighted by Gasteiger charge is 2.15. The smallest absolute Gasteiger partial charge is 0.358 e. The van der Waals surface area contributed by atoms with Crippen LogP contribution in [0, 0.1) is 0 Å². The van der Waals surface area contributed by atoms with E-state index in [1.54, 1.807) is 0 Å². The number of benzene rings is 1. The summed E-state index contributed by atoms with van der Waals surface area (Å²) in [6, 6.07) is 7.54. The molecule has 0 atom stereocenters. The van der Waals surface area contributed by atoms with Gasteiger partial charge in [-0.25, -0.2) is 4.79 Å². The van der Waals surface area contributed by atoms with E-state index in [0.29, 0.717) is 5.76 Å². The van der Waals surface area contributed by atoms with E-state index in [9.17, 15) is 4.79 Å². The van der Waals surface area contributed by atoms with Gasteiger partial charge in [0.2, 0.25) is 0 Å². The molecule has 0 radical (unpaired) electrons. The Hall–Kier alpha value is -1.75. The van der Waals surface area contributed by atoms with Crippen molar-refractivity contribution in [2.45, 2.75) is 17.7 Å². The van der Waals surface area contributed by atoms with Crippen LogP contribution in [0.1, 0.15) is 22.5 Å². The normalized spacial score (nSPS) is 14.2. The molecular weight excluding hydrogens is 250 g/mol. The first-order chi connectivity index (χ1) is 8.74. The lowest BCUT2D eigenvalue weighted by Gasteiger charge is -2.15. The van der Waals surface area contributed by atoms with Gasteiger partial charge in [0.25, 0.3) is 0 Å². The number of hydrogen-bond donors (Lipinski definition) is 1. The molecule has 1 aliphatic rings. The topological polar surface area (TPSA) is 63.3 Å². The summed E-state index contributed by atoms with van der Waals surface area (Å²) in [4.78, 5) is 12.0. The Morgan fingerprint density at radius 3 is 3.06 bits per heavy atom. The number of thioether (sulfide) groups is 1. The van der Waals surface area contributed by atoms with Crippen LogP contribution in [0.15, 0.2) is 33.7 Å². The van der Waals surface area contributed by atoms with Gasteiger partial charge in [0, 0.05) is 16.5 Å². The zero-order chi connectivity index (χ0) is 12.5. The van der Waals surface area contributed by atoms with Gasteiger partial charge in [-0.2, -0.15) is 0 Å². The first kappa shape index (κ1) is 11.3. The zero-order valence-electron chi connectivity index (χ0n) is 9.55. The number of carbonyl (C=O) groups is 1. The average molecular weight is 261 g/mol. The first-order valence-corrected chi connectivity index (χ1v) is 6.69. The van der Waals surface area contributed by atoms with Crippen LogP contribution in [0.25, 0.3) is 11.3 Å².